The van der Waals surface area contributed by atoms with E-state index in [1.165, 1.54) is 0 Å². The van der Waals surface area contributed by atoms with Gasteiger partial charge >= 0.3 is 0 Å². The van der Waals surface area contributed by atoms with Crippen LogP contribution >= 0.6 is 23.4 Å². The summed E-state index contributed by atoms with van der Waals surface area (Å²) in [6, 6.07) is 7.87. The van der Waals surface area contributed by atoms with E-state index in [9.17, 15) is 4.79 Å². The highest BCUT2D eigenvalue weighted by Gasteiger charge is 2.19. The van der Waals surface area contributed by atoms with E-state index >= 15 is 0 Å². The van der Waals surface area contributed by atoms with Gasteiger partial charge in [0.2, 0.25) is 5.91 Å². The summed E-state index contributed by atoms with van der Waals surface area (Å²) in [7, 11) is 0. The van der Waals surface area contributed by atoms with Crippen LogP contribution in [0.1, 0.15) is 40.0 Å². The molecule has 1 rings (SSSR count). The largest absolute Gasteiger partial charge is 0.353 e. The van der Waals surface area contributed by atoms with Crippen molar-refractivity contribution >= 4 is 29.3 Å². The molecule has 1 aromatic carbocycles. The quantitative estimate of drug-likeness (QED) is 0.750. The van der Waals surface area contributed by atoms with Crippen molar-refractivity contribution in [3.8, 4) is 0 Å². The van der Waals surface area contributed by atoms with Crippen LogP contribution in [0.4, 0.5) is 0 Å². The Morgan fingerprint density at radius 1 is 1.32 bits per heavy atom. The Morgan fingerprint density at radius 3 is 2.47 bits per heavy atom. The van der Waals surface area contributed by atoms with Crippen molar-refractivity contribution in [1.82, 2.24) is 5.32 Å². The van der Waals surface area contributed by atoms with Gasteiger partial charge in [-0.2, -0.15) is 0 Å². The monoisotopic (exact) mass is 299 g/mol. The number of benzene rings is 1. The zero-order valence-electron chi connectivity index (χ0n) is 11.8. The molecule has 19 heavy (non-hydrogen) atoms. The van der Waals surface area contributed by atoms with Crippen LogP contribution in [-0.4, -0.2) is 17.2 Å². The molecule has 0 aliphatic heterocycles. The van der Waals surface area contributed by atoms with Crippen molar-refractivity contribution in [3.63, 3.8) is 0 Å². The summed E-state index contributed by atoms with van der Waals surface area (Å²) < 4.78 is 0. The van der Waals surface area contributed by atoms with Gasteiger partial charge in [-0.3, -0.25) is 4.79 Å². The number of hydrogen-bond donors (Lipinski definition) is 1. The third-order valence-corrected chi connectivity index (χ3v) is 4.49. The molecule has 0 radical (unpaired) electrons. The van der Waals surface area contributed by atoms with Crippen LogP contribution in [0.5, 0.6) is 0 Å². The van der Waals surface area contributed by atoms with Crippen molar-refractivity contribution in [3.05, 3.63) is 29.3 Å². The predicted molar refractivity (Wildman–Crippen MR) is 83.9 cm³/mol. The molecule has 1 aromatic rings. The summed E-state index contributed by atoms with van der Waals surface area (Å²) in [6.45, 7) is 6.22. The first-order chi connectivity index (χ1) is 9.06. The Morgan fingerprint density at radius 2 is 1.95 bits per heavy atom. The molecule has 1 N–H and O–H groups in total. The van der Waals surface area contributed by atoms with E-state index in [2.05, 4.69) is 19.2 Å². The Bertz CT molecular complexity index is 394. The van der Waals surface area contributed by atoms with Gasteiger partial charge in [0.15, 0.2) is 0 Å². The zero-order valence-corrected chi connectivity index (χ0v) is 13.4. The summed E-state index contributed by atoms with van der Waals surface area (Å²) in [5.74, 6) is 0.128. The predicted octanol–water partition coefficient (Wildman–Crippen LogP) is 4.52. The van der Waals surface area contributed by atoms with Crippen molar-refractivity contribution in [2.75, 3.05) is 0 Å². The molecular formula is C15H22ClNOS. The second kappa shape index (κ2) is 8.49. The third kappa shape index (κ3) is 5.87. The van der Waals surface area contributed by atoms with Crippen LogP contribution in [0.3, 0.4) is 0 Å². The first-order valence-electron chi connectivity index (χ1n) is 6.79. The lowest BCUT2D eigenvalue weighted by atomic mass is 10.2. The van der Waals surface area contributed by atoms with Crippen molar-refractivity contribution < 1.29 is 4.79 Å². The molecule has 0 aliphatic rings. The fourth-order valence-electron chi connectivity index (χ4n) is 1.84. The molecule has 2 atom stereocenters. The molecule has 0 spiro atoms. The Labute approximate surface area is 125 Å². The van der Waals surface area contributed by atoms with Gasteiger partial charge in [0.05, 0.1) is 5.25 Å². The van der Waals surface area contributed by atoms with Gasteiger partial charge in [0, 0.05) is 16.0 Å². The number of thioether (sulfide) groups is 1. The summed E-state index contributed by atoms with van der Waals surface area (Å²) >= 11 is 7.45. The van der Waals surface area contributed by atoms with Crippen LogP contribution < -0.4 is 5.32 Å². The fourth-order valence-corrected chi connectivity index (χ4v) is 2.93. The lowest BCUT2D eigenvalue weighted by Gasteiger charge is -2.18. The van der Waals surface area contributed by atoms with Gasteiger partial charge in [0.1, 0.15) is 0 Å². The van der Waals surface area contributed by atoms with Gasteiger partial charge in [0.25, 0.3) is 0 Å². The standard InChI is InChI=1S/C15H22ClNOS/c1-4-6-11(3)17-15(18)14(5-2)19-13-9-7-12(16)8-10-13/h7-11,14H,4-6H2,1-3H3,(H,17,18)/t11-,14+/m1/s1. The Balaban J connectivity index is 2.57. The second-order valence-electron chi connectivity index (χ2n) is 4.67. The average molecular weight is 300 g/mol. The number of amides is 1. The maximum absolute atomic E-state index is 12.2. The molecule has 106 valence electrons. The number of nitrogens with one attached hydrogen (secondary N) is 1. The first-order valence-corrected chi connectivity index (χ1v) is 8.05. The lowest BCUT2D eigenvalue weighted by Crippen LogP contribution is -2.38. The molecule has 0 aromatic heterocycles. The summed E-state index contributed by atoms with van der Waals surface area (Å²) in [5.41, 5.74) is 0. The zero-order chi connectivity index (χ0) is 14.3. The van der Waals surface area contributed by atoms with Crippen LogP contribution in [0.15, 0.2) is 29.2 Å². The Hall–Kier alpha value is -0.670. The van der Waals surface area contributed by atoms with E-state index in [0.29, 0.717) is 0 Å². The van der Waals surface area contributed by atoms with E-state index in [1.54, 1.807) is 11.8 Å². The van der Waals surface area contributed by atoms with Crippen molar-refractivity contribution in [2.24, 2.45) is 0 Å². The minimum atomic E-state index is -0.0412. The van der Waals surface area contributed by atoms with Crippen LogP contribution in [0, 0.1) is 0 Å². The third-order valence-electron chi connectivity index (χ3n) is 2.87. The number of rotatable bonds is 7. The number of carbonyl (C=O) groups is 1. The Kier molecular flexibility index (Phi) is 7.32. The second-order valence-corrected chi connectivity index (χ2v) is 6.38. The molecule has 0 unspecified atom stereocenters. The van der Waals surface area contributed by atoms with E-state index < -0.39 is 0 Å². The topological polar surface area (TPSA) is 29.1 Å². The molecule has 0 saturated carbocycles. The van der Waals surface area contributed by atoms with Crippen LogP contribution in [0.2, 0.25) is 5.02 Å². The number of hydrogen-bond acceptors (Lipinski definition) is 2. The minimum Gasteiger partial charge on any atom is -0.353 e. The average Bonchev–Trinajstić information content (AvgIpc) is 2.38. The molecule has 0 bridgehead atoms. The van der Waals surface area contributed by atoms with Gasteiger partial charge < -0.3 is 5.32 Å². The van der Waals surface area contributed by atoms with E-state index in [4.69, 9.17) is 11.6 Å². The van der Waals surface area contributed by atoms with E-state index in [-0.39, 0.29) is 17.2 Å². The normalized spacial score (nSPS) is 13.9. The molecule has 0 fully saturated rings. The molecule has 0 aliphatic carbocycles. The van der Waals surface area contributed by atoms with Gasteiger partial charge in [-0.15, -0.1) is 11.8 Å². The van der Waals surface area contributed by atoms with E-state index in [0.717, 1.165) is 29.2 Å². The molecule has 2 nitrogen and oxygen atoms in total. The summed E-state index contributed by atoms with van der Waals surface area (Å²) in [6.07, 6.45) is 2.92. The fraction of sp³-hybridized carbons (Fsp3) is 0.533. The van der Waals surface area contributed by atoms with Gasteiger partial charge in [-0.05, 0) is 44.0 Å². The van der Waals surface area contributed by atoms with Crippen LogP contribution in [-0.2, 0) is 4.79 Å². The van der Waals surface area contributed by atoms with Crippen molar-refractivity contribution in [2.45, 2.75) is 56.2 Å². The minimum absolute atomic E-state index is 0.0412. The first kappa shape index (κ1) is 16.4. The SMILES string of the molecule is CCC[C@@H](C)NC(=O)[C@H](CC)Sc1ccc(Cl)cc1. The highest BCUT2D eigenvalue weighted by molar-refractivity contribution is 8.00. The molecule has 1 amide bonds. The van der Waals surface area contributed by atoms with Gasteiger partial charge in [-0.25, -0.2) is 0 Å². The molecule has 0 heterocycles. The molecule has 0 saturated heterocycles. The molecular weight excluding hydrogens is 278 g/mol. The highest BCUT2D eigenvalue weighted by Crippen LogP contribution is 2.26. The molecule has 4 heteroatoms. The lowest BCUT2D eigenvalue weighted by molar-refractivity contribution is -0.121. The van der Waals surface area contributed by atoms with E-state index in [1.807, 2.05) is 31.2 Å². The maximum atomic E-state index is 12.2. The number of halogens is 1. The summed E-state index contributed by atoms with van der Waals surface area (Å²) in [4.78, 5) is 13.3. The number of carbonyl (C=O) groups excluding carboxylic acids is 1. The van der Waals surface area contributed by atoms with Crippen molar-refractivity contribution in [1.29, 1.82) is 0 Å². The van der Waals surface area contributed by atoms with Gasteiger partial charge in [-0.1, -0.05) is 31.9 Å². The smallest absolute Gasteiger partial charge is 0.233 e. The maximum Gasteiger partial charge on any atom is 0.233 e. The highest BCUT2D eigenvalue weighted by atomic mass is 35.5. The van der Waals surface area contributed by atoms with Crippen LogP contribution in [0.25, 0.3) is 0 Å². The summed E-state index contributed by atoms with van der Waals surface area (Å²) in [5, 5.41) is 3.76.